The number of hydrogen-bond acceptors (Lipinski definition) is 5. The fourth-order valence-electron chi connectivity index (χ4n) is 6.57. The minimum atomic E-state index is -1.11. The third-order valence-corrected chi connectivity index (χ3v) is 8.63. The Kier molecular flexibility index (Phi) is 4.69. The van der Waals surface area contributed by atoms with Crippen LogP contribution in [0.5, 0.6) is 0 Å². The highest BCUT2D eigenvalue weighted by atomic mass is 79.9. The van der Waals surface area contributed by atoms with Crippen LogP contribution in [0, 0.1) is 17.8 Å². The van der Waals surface area contributed by atoms with Crippen LogP contribution in [0.2, 0.25) is 0 Å². The normalized spacial score (nSPS) is 25.8. The number of para-hydroxylation sites is 2. The van der Waals surface area contributed by atoms with Gasteiger partial charge in [0.15, 0.2) is 0 Å². The van der Waals surface area contributed by atoms with Crippen LogP contribution in [-0.2, 0) is 15.1 Å². The van der Waals surface area contributed by atoms with E-state index < -0.39 is 17.4 Å². The number of nitrogens with one attached hydrogen (secondary N) is 1. The molecule has 1 spiro atoms. The van der Waals surface area contributed by atoms with Crippen molar-refractivity contribution in [2.75, 3.05) is 4.90 Å². The second-order valence-electron chi connectivity index (χ2n) is 10.3. The molecule has 7 nitrogen and oxygen atoms in total. The highest BCUT2D eigenvalue weighted by Gasteiger charge is 2.70. The number of aromatic nitrogens is 2. The lowest BCUT2D eigenvalue weighted by atomic mass is 9.75. The lowest BCUT2D eigenvalue weighted by Gasteiger charge is -2.32. The van der Waals surface area contributed by atoms with Gasteiger partial charge in [-0.3, -0.25) is 24.3 Å². The molecule has 7 rings (SSSR count). The Bertz CT molecular complexity index is 1700. The van der Waals surface area contributed by atoms with E-state index in [4.69, 9.17) is 4.98 Å². The molecule has 0 radical (unpaired) electrons. The number of rotatable bonds is 2. The maximum Gasteiger partial charge on any atom is 0.266 e. The van der Waals surface area contributed by atoms with Crippen LogP contribution in [0.15, 0.2) is 82.1 Å². The van der Waals surface area contributed by atoms with Crippen molar-refractivity contribution in [3.05, 3.63) is 99.0 Å². The predicted molar refractivity (Wildman–Crippen MR) is 143 cm³/mol. The maximum atomic E-state index is 14.3. The van der Waals surface area contributed by atoms with E-state index in [1.54, 1.807) is 22.8 Å². The van der Waals surface area contributed by atoms with Gasteiger partial charge in [0.05, 0.1) is 34.1 Å². The Morgan fingerprint density at radius 2 is 1.62 bits per heavy atom. The first-order valence-corrected chi connectivity index (χ1v) is 13.2. The molecular formula is C29H23BrN4O3. The van der Waals surface area contributed by atoms with Crippen LogP contribution in [-0.4, -0.2) is 27.4 Å². The SMILES string of the molecule is CC(C)[C@H]1N[C@@]2(c3ccccc3-n3c2nc2ccccc2c3=O)[C@H]2C(=O)N(c3ccc(Br)cc3)C(=O)[C@@H]12. The molecule has 0 unspecified atom stereocenters. The summed E-state index contributed by atoms with van der Waals surface area (Å²) in [5, 5.41) is 4.23. The highest BCUT2D eigenvalue weighted by Crippen LogP contribution is 2.56. The van der Waals surface area contributed by atoms with Crippen molar-refractivity contribution in [3.8, 4) is 5.69 Å². The molecule has 4 aromatic rings. The van der Waals surface area contributed by atoms with E-state index in [0.29, 0.717) is 28.1 Å². The van der Waals surface area contributed by atoms with Crippen LogP contribution in [0.4, 0.5) is 5.69 Å². The number of nitrogens with zero attached hydrogens (tertiary/aromatic N) is 3. The molecule has 0 saturated carbocycles. The average molecular weight is 555 g/mol. The molecule has 3 aliphatic heterocycles. The van der Waals surface area contributed by atoms with Gasteiger partial charge in [0.25, 0.3) is 5.56 Å². The molecule has 3 aliphatic rings. The molecular weight excluding hydrogens is 532 g/mol. The number of anilines is 1. The summed E-state index contributed by atoms with van der Waals surface area (Å²) in [5.41, 5.74) is 1.30. The van der Waals surface area contributed by atoms with Crippen molar-refractivity contribution in [1.29, 1.82) is 0 Å². The summed E-state index contributed by atoms with van der Waals surface area (Å²) in [4.78, 5) is 48.5. The Labute approximate surface area is 221 Å². The molecule has 1 N–H and O–H groups in total. The minimum absolute atomic E-state index is 0.0573. The Hall–Kier alpha value is -3.62. The van der Waals surface area contributed by atoms with Crippen LogP contribution >= 0.6 is 15.9 Å². The molecule has 2 amide bonds. The van der Waals surface area contributed by atoms with Gasteiger partial charge in [-0.2, -0.15) is 0 Å². The van der Waals surface area contributed by atoms with Crippen molar-refractivity contribution in [2.45, 2.75) is 25.4 Å². The van der Waals surface area contributed by atoms with Crippen LogP contribution < -0.4 is 15.8 Å². The molecule has 37 heavy (non-hydrogen) atoms. The van der Waals surface area contributed by atoms with E-state index in [0.717, 1.165) is 10.0 Å². The minimum Gasteiger partial charge on any atom is -0.296 e. The van der Waals surface area contributed by atoms with Crippen molar-refractivity contribution < 1.29 is 9.59 Å². The van der Waals surface area contributed by atoms with E-state index in [9.17, 15) is 14.4 Å². The summed E-state index contributed by atoms with van der Waals surface area (Å²) in [6.45, 7) is 4.10. The highest BCUT2D eigenvalue weighted by molar-refractivity contribution is 9.10. The Morgan fingerprint density at radius 1 is 0.919 bits per heavy atom. The Balaban J connectivity index is 1.53. The standard InChI is InChI=1S/C29H23BrN4O3/c1-15(2)24-22-23(27(37)33(26(22)36)17-13-11-16(30)12-14-17)29(32-24)19-8-4-6-10-21(19)34-25(35)18-7-3-5-9-20(18)31-28(29)34/h3-15,22-24,32H,1-2H3/t22-,23-,24-,29+/m1/s1. The number of carbonyl (C=O) groups excluding carboxylic acids is 2. The number of halogens is 1. The van der Waals surface area contributed by atoms with E-state index in [2.05, 4.69) is 35.1 Å². The summed E-state index contributed by atoms with van der Waals surface area (Å²) in [6, 6.07) is 21.8. The molecule has 3 aromatic carbocycles. The number of carbonyl (C=O) groups is 2. The molecule has 1 aromatic heterocycles. The van der Waals surface area contributed by atoms with Gasteiger partial charge in [-0.25, -0.2) is 9.88 Å². The molecule has 2 fully saturated rings. The number of benzene rings is 3. The van der Waals surface area contributed by atoms with E-state index in [-0.39, 0.29) is 29.3 Å². The van der Waals surface area contributed by atoms with Gasteiger partial charge in [-0.15, -0.1) is 0 Å². The lowest BCUT2D eigenvalue weighted by molar-refractivity contribution is -0.123. The van der Waals surface area contributed by atoms with E-state index in [1.807, 2.05) is 54.6 Å². The monoisotopic (exact) mass is 554 g/mol. The molecule has 4 heterocycles. The third kappa shape index (κ3) is 2.80. The molecule has 2 saturated heterocycles. The van der Waals surface area contributed by atoms with Crippen LogP contribution in [0.1, 0.15) is 25.2 Å². The second kappa shape index (κ2) is 7.69. The average Bonchev–Trinajstić information content (AvgIpc) is 3.49. The van der Waals surface area contributed by atoms with Crippen molar-refractivity contribution in [2.24, 2.45) is 17.8 Å². The third-order valence-electron chi connectivity index (χ3n) is 8.10. The topological polar surface area (TPSA) is 84.3 Å². The van der Waals surface area contributed by atoms with E-state index in [1.165, 1.54) is 4.90 Å². The maximum absolute atomic E-state index is 14.3. The largest absolute Gasteiger partial charge is 0.296 e. The molecule has 184 valence electrons. The summed E-state index contributed by atoms with van der Waals surface area (Å²) in [7, 11) is 0. The first-order valence-electron chi connectivity index (χ1n) is 12.4. The summed E-state index contributed by atoms with van der Waals surface area (Å²) >= 11 is 3.43. The van der Waals surface area contributed by atoms with E-state index >= 15 is 0 Å². The van der Waals surface area contributed by atoms with Crippen molar-refractivity contribution >= 4 is 44.3 Å². The molecule has 0 bridgehead atoms. The first kappa shape index (κ1) is 22.6. The summed E-state index contributed by atoms with van der Waals surface area (Å²) in [6.07, 6.45) is 0. The van der Waals surface area contributed by atoms with Gasteiger partial charge in [0.2, 0.25) is 11.8 Å². The fourth-order valence-corrected chi connectivity index (χ4v) is 6.83. The lowest BCUT2D eigenvalue weighted by Crippen LogP contribution is -2.51. The summed E-state index contributed by atoms with van der Waals surface area (Å²) < 4.78 is 2.49. The smallest absolute Gasteiger partial charge is 0.266 e. The zero-order valence-electron chi connectivity index (χ0n) is 20.2. The Morgan fingerprint density at radius 3 is 2.38 bits per heavy atom. The van der Waals surface area contributed by atoms with Gasteiger partial charge in [-0.05, 0) is 48.4 Å². The van der Waals surface area contributed by atoms with Crippen molar-refractivity contribution in [3.63, 3.8) is 0 Å². The zero-order valence-corrected chi connectivity index (χ0v) is 21.8. The van der Waals surface area contributed by atoms with Gasteiger partial charge < -0.3 is 0 Å². The first-order chi connectivity index (χ1) is 17.8. The number of amides is 2. The molecule has 0 aliphatic carbocycles. The van der Waals surface area contributed by atoms with Gasteiger partial charge >= 0.3 is 0 Å². The zero-order chi connectivity index (χ0) is 25.6. The number of fused-ring (bicyclic) bond motifs is 8. The van der Waals surface area contributed by atoms with Crippen LogP contribution in [0.25, 0.3) is 16.6 Å². The number of imide groups is 1. The van der Waals surface area contributed by atoms with Crippen LogP contribution in [0.3, 0.4) is 0 Å². The van der Waals surface area contributed by atoms with Gasteiger partial charge in [0.1, 0.15) is 11.4 Å². The molecule has 8 heteroatoms. The fraction of sp³-hybridized carbons (Fsp3) is 0.241. The quantitative estimate of drug-likeness (QED) is 0.376. The van der Waals surface area contributed by atoms with Crippen molar-refractivity contribution in [1.82, 2.24) is 14.9 Å². The summed E-state index contributed by atoms with van der Waals surface area (Å²) in [5.74, 6) is -1.33. The number of hydrogen-bond donors (Lipinski definition) is 1. The molecule has 4 atom stereocenters. The predicted octanol–water partition coefficient (Wildman–Crippen LogP) is 4.14. The van der Waals surface area contributed by atoms with Gasteiger partial charge in [0, 0.05) is 16.1 Å². The van der Waals surface area contributed by atoms with Gasteiger partial charge in [-0.1, -0.05) is 60.1 Å². The second-order valence-corrected chi connectivity index (χ2v) is 11.2.